The molecule has 0 aromatic carbocycles. The monoisotopic (exact) mass is 178 g/mol. The number of hydrogen-bond acceptors (Lipinski definition) is 0. The Labute approximate surface area is 75.7 Å². The van der Waals surface area contributed by atoms with Gasteiger partial charge in [0.1, 0.15) is 6.17 Å². The van der Waals surface area contributed by atoms with E-state index in [4.69, 9.17) is 0 Å². The second-order valence-corrected chi connectivity index (χ2v) is 3.41. The van der Waals surface area contributed by atoms with Gasteiger partial charge in [0.25, 0.3) is 0 Å². The Balaban J connectivity index is 0. The molecule has 76 valence electrons. The third-order valence-electron chi connectivity index (χ3n) is 2.33. The fourth-order valence-electron chi connectivity index (χ4n) is 1.63. The van der Waals surface area contributed by atoms with E-state index in [1.54, 1.807) is 0 Å². The highest BCUT2D eigenvalue weighted by atomic mass is 19.1. The van der Waals surface area contributed by atoms with E-state index in [1.165, 1.54) is 0 Å². The minimum absolute atomic E-state index is 0. The summed E-state index contributed by atoms with van der Waals surface area (Å²) in [5, 5.41) is 0. The second kappa shape index (κ2) is 7.53. The summed E-state index contributed by atoms with van der Waals surface area (Å²) in [7, 11) is 0. The molecular weight excluding hydrogens is 155 g/mol. The molecule has 3 unspecified atom stereocenters. The molecule has 1 nitrogen and oxygen atoms in total. The molecule has 0 aliphatic heterocycles. The lowest BCUT2D eigenvalue weighted by molar-refractivity contribution is 0.147. The van der Waals surface area contributed by atoms with Crippen LogP contribution in [0.15, 0.2) is 0 Å². The average molecular weight is 178 g/mol. The van der Waals surface area contributed by atoms with Gasteiger partial charge in [0.05, 0.1) is 0 Å². The molecule has 1 rings (SSSR count). The first-order chi connectivity index (χ1) is 5.20. The highest BCUT2D eigenvalue weighted by molar-refractivity contribution is 4.74. The van der Waals surface area contributed by atoms with Gasteiger partial charge in [-0.15, -0.1) is 0 Å². The molecule has 1 aliphatic rings. The van der Waals surface area contributed by atoms with Crippen molar-refractivity contribution in [2.24, 2.45) is 11.8 Å². The van der Waals surface area contributed by atoms with Gasteiger partial charge in [-0.05, 0) is 31.1 Å². The van der Waals surface area contributed by atoms with Crippen molar-refractivity contribution in [3.8, 4) is 0 Å². The minimum Gasteiger partial charge on any atom is -0.412 e. The van der Waals surface area contributed by atoms with Crippen molar-refractivity contribution in [3.63, 3.8) is 0 Å². The van der Waals surface area contributed by atoms with Gasteiger partial charge >= 0.3 is 0 Å². The van der Waals surface area contributed by atoms with Crippen molar-refractivity contribution in [3.05, 3.63) is 0 Å². The molecule has 0 radical (unpaired) electrons. The van der Waals surface area contributed by atoms with E-state index in [2.05, 4.69) is 6.92 Å². The van der Waals surface area contributed by atoms with Crippen molar-refractivity contribution in [2.45, 2.75) is 53.1 Å². The van der Waals surface area contributed by atoms with E-state index in [1.807, 2.05) is 20.8 Å². The Bertz CT molecular complexity index is 95.8. The molecule has 1 saturated carbocycles. The molecule has 0 amide bonds. The Kier molecular flexibility index (Phi) is 9.05. The van der Waals surface area contributed by atoms with E-state index in [-0.39, 0.29) is 5.48 Å². The molecule has 0 heterocycles. The Morgan fingerprint density at radius 1 is 1.08 bits per heavy atom. The number of alkyl halides is 1. The first-order valence-corrected chi connectivity index (χ1v) is 4.84. The molecule has 0 aromatic rings. The van der Waals surface area contributed by atoms with Crippen molar-refractivity contribution in [1.82, 2.24) is 0 Å². The summed E-state index contributed by atoms with van der Waals surface area (Å²) in [6.07, 6.45) is 2.45. The zero-order chi connectivity index (χ0) is 8.85. The third-order valence-corrected chi connectivity index (χ3v) is 2.33. The fourth-order valence-corrected chi connectivity index (χ4v) is 1.63. The van der Waals surface area contributed by atoms with Gasteiger partial charge in [-0.2, -0.15) is 0 Å². The van der Waals surface area contributed by atoms with Crippen LogP contribution in [0.1, 0.15) is 47.0 Å². The minimum atomic E-state index is -0.513. The summed E-state index contributed by atoms with van der Waals surface area (Å²) < 4.78 is 12.8. The lowest BCUT2D eigenvalue weighted by Gasteiger charge is -2.26. The van der Waals surface area contributed by atoms with Crippen LogP contribution in [0.3, 0.4) is 0 Å². The molecule has 3 atom stereocenters. The SMILES string of the molecule is CC.CC1CCC(F)C(C)C1.O. The Morgan fingerprint density at radius 3 is 1.92 bits per heavy atom. The van der Waals surface area contributed by atoms with Crippen LogP contribution in [0.2, 0.25) is 0 Å². The molecule has 0 bridgehead atoms. The second-order valence-electron chi connectivity index (χ2n) is 3.41. The van der Waals surface area contributed by atoms with Gasteiger partial charge in [-0.25, -0.2) is 4.39 Å². The van der Waals surface area contributed by atoms with E-state index in [0.717, 1.165) is 25.2 Å². The van der Waals surface area contributed by atoms with Crippen LogP contribution in [0.4, 0.5) is 4.39 Å². The van der Waals surface area contributed by atoms with Crippen molar-refractivity contribution in [2.75, 3.05) is 0 Å². The molecule has 0 saturated heterocycles. The van der Waals surface area contributed by atoms with Crippen LogP contribution >= 0.6 is 0 Å². The van der Waals surface area contributed by atoms with Crippen LogP contribution in [-0.4, -0.2) is 11.6 Å². The zero-order valence-corrected chi connectivity index (χ0v) is 8.73. The predicted molar refractivity (Wildman–Crippen MR) is 52.0 cm³/mol. The molecule has 2 heteroatoms. The third kappa shape index (κ3) is 4.70. The van der Waals surface area contributed by atoms with Gasteiger partial charge in [0.15, 0.2) is 0 Å². The van der Waals surface area contributed by atoms with E-state index >= 15 is 0 Å². The molecule has 1 fully saturated rings. The van der Waals surface area contributed by atoms with Crippen molar-refractivity contribution < 1.29 is 9.87 Å². The normalized spacial score (nSPS) is 34.2. The predicted octanol–water partition coefficient (Wildman–Crippen LogP) is 2.98. The summed E-state index contributed by atoms with van der Waals surface area (Å²) in [6.45, 7) is 8.22. The maximum absolute atomic E-state index is 12.8. The zero-order valence-electron chi connectivity index (χ0n) is 8.73. The summed E-state index contributed by atoms with van der Waals surface area (Å²) in [5.74, 6) is 1.07. The largest absolute Gasteiger partial charge is 0.412 e. The summed E-state index contributed by atoms with van der Waals surface area (Å²) >= 11 is 0. The highest BCUT2D eigenvalue weighted by Crippen LogP contribution is 2.30. The summed E-state index contributed by atoms with van der Waals surface area (Å²) in [4.78, 5) is 0. The average Bonchev–Trinajstić information content (AvgIpc) is 2.02. The Morgan fingerprint density at radius 2 is 1.58 bits per heavy atom. The van der Waals surface area contributed by atoms with Crippen LogP contribution in [0, 0.1) is 11.8 Å². The highest BCUT2D eigenvalue weighted by Gasteiger charge is 2.24. The first-order valence-electron chi connectivity index (χ1n) is 4.84. The fraction of sp³-hybridized carbons (Fsp3) is 1.00. The standard InChI is InChI=1S/C8H15F.C2H6.H2O/c1-6-3-4-8(9)7(2)5-6;1-2;/h6-8H,3-5H2,1-2H3;1-2H3;1H2. The molecule has 0 spiro atoms. The van der Waals surface area contributed by atoms with Crippen LogP contribution in [0.25, 0.3) is 0 Å². The molecule has 2 N–H and O–H groups in total. The summed E-state index contributed by atoms with van der Waals surface area (Å²) in [5.41, 5.74) is 0. The number of hydrogen-bond donors (Lipinski definition) is 0. The topological polar surface area (TPSA) is 31.5 Å². The summed E-state index contributed by atoms with van der Waals surface area (Å²) in [6, 6.07) is 0. The number of rotatable bonds is 0. The lowest BCUT2D eigenvalue weighted by atomic mass is 9.82. The molecule has 12 heavy (non-hydrogen) atoms. The van der Waals surface area contributed by atoms with E-state index < -0.39 is 6.17 Å². The van der Waals surface area contributed by atoms with Gasteiger partial charge in [0.2, 0.25) is 0 Å². The van der Waals surface area contributed by atoms with E-state index in [9.17, 15) is 4.39 Å². The van der Waals surface area contributed by atoms with Crippen LogP contribution in [-0.2, 0) is 0 Å². The first kappa shape index (κ1) is 14.4. The molecular formula is C10H23FO. The van der Waals surface area contributed by atoms with Crippen molar-refractivity contribution in [1.29, 1.82) is 0 Å². The van der Waals surface area contributed by atoms with Gasteiger partial charge in [-0.3, -0.25) is 0 Å². The quantitative estimate of drug-likeness (QED) is 0.546. The number of halogens is 1. The lowest BCUT2D eigenvalue weighted by Crippen LogP contribution is -2.22. The molecule has 1 aliphatic carbocycles. The van der Waals surface area contributed by atoms with Crippen LogP contribution < -0.4 is 0 Å². The Hall–Kier alpha value is -0.110. The van der Waals surface area contributed by atoms with Gasteiger partial charge in [0, 0.05) is 0 Å². The van der Waals surface area contributed by atoms with Gasteiger partial charge in [-0.1, -0.05) is 27.7 Å². The van der Waals surface area contributed by atoms with Gasteiger partial charge < -0.3 is 5.48 Å². The maximum Gasteiger partial charge on any atom is 0.103 e. The maximum atomic E-state index is 12.8. The molecule has 0 aromatic heterocycles. The smallest absolute Gasteiger partial charge is 0.103 e. The van der Waals surface area contributed by atoms with Crippen LogP contribution in [0.5, 0.6) is 0 Å². The van der Waals surface area contributed by atoms with E-state index in [0.29, 0.717) is 5.92 Å². The van der Waals surface area contributed by atoms with Crippen molar-refractivity contribution >= 4 is 0 Å².